The van der Waals surface area contributed by atoms with Crippen LogP contribution in [0.3, 0.4) is 0 Å². The molecule has 10 heavy (non-hydrogen) atoms. The highest BCUT2D eigenvalue weighted by atomic mass is 19.4. The molecule has 0 amide bonds. The van der Waals surface area contributed by atoms with E-state index in [0.717, 1.165) is 0 Å². The van der Waals surface area contributed by atoms with E-state index >= 15 is 0 Å². The molecule has 0 aliphatic carbocycles. The van der Waals surface area contributed by atoms with Crippen LogP contribution in [0.1, 0.15) is 0 Å². The first-order valence-corrected chi connectivity index (χ1v) is 2.42. The lowest BCUT2D eigenvalue weighted by Crippen LogP contribution is -2.53. The highest BCUT2D eigenvalue weighted by Crippen LogP contribution is 2.45. The number of alkyl halides is 5. The molecule has 0 bridgehead atoms. The van der Waals surface area contributed by atoms with E-state index < -0.39 is 24.8 Å². The van der Waals surface area contributed by atoms with E-state index in [2.05, 4.69) is 4.74 Å². The van der Waals surface area contributed by atoms with E-state index in [9.17, 15) is 22.0 Å². The van der Waals surface area contributed by atoms with Gasteiger partial charge in [0.25, 0.3) is 0 Å². The standard InChI is InChI=1S/C4H3F5O/c5-3(6,7)2-1-10-4(2,8)9/h2H,1H2. The molecule has 1 rings (SSSR count). The third-order valence-corrected chi connectivity index (χ3v) is 1.24. The van der Waals surface area contributed by atoms with Crippen molar-refractivity contribution in [3.63, 3.8) is 0 Å². The largest absolute Gasteiger partial charge is 0.402 e. The molecule has 1 aliphatic rings. The average Bonchev–Trinajstić information content (AvgIpc) is 1.58. The summed E-state index contributed by atoms with van der Waals surface area (Å²) in [7, 11) is 0. The summed E-state index contributed by atoms with van der Waals surface area (Å²) in [5.41, 5.74) is 0. The molecule has 6 heteroatoms. The lowest BCUT2D eigenvalue weighted by Gasteiger charge is -2.36. The monoisotopic (exact) mass is 162 g/mol. The number of hydrogen-bond donors (Lipinski definition) is 0. The molecule has 0 N–H and O–H groups in total. The van der Waals surface area contributed by atoms with Gasteiger partial charge in [-0.15, -0.1) is 0 Å². The first-order chi connectivity index (χ1) is 4.34. The van der Waals surface area contributed by atoms with Crippen LogP contribution < -0.4 is 0 Å². The van der Waals surface area contributed by atoms with E-state index in [4.69, 9.17) is 0 Å². The van der Waals surface area contributed by atoms with Gasteiger partial charge >= 0.3 is 12.3 Å². The summed E-state index contributed by atoms with van der Waals surface area (Å²) in [6.07, 6.45) is -8.85. The predicted octanol–water partition coefficient (Wildman–Crippen LogP) is 1.79. The van der Waals surface area contributed by atoms with Crippen LogP contribution in [0.5, 0.6) is 0 Å². The highest BCUT2D eigenvalue weighted by Gasteiger charge is 2.64. The van der Waals surface area contributed by atoms with Crippen molar-refractivity contribution in [1.82, 2.24) is 0 Å². The topological polar surface area (TPSA) is 9.23 Å². The van der Waals surface area contributed by atoms with Gasteiger partial charge in [0, 0.05) is 0 Å². The van der Waals surface area contributed by atoms with Crippen molar-refractivity contribution < 1.29 is 26.7 Å². The minimum Gasteiger partial charge on any atom is -0.319 e. The maximum absolute atomic E-state index is 11.8. The Morgan fingerprint density at radius 3 is 1.80 bits per heavy atom. The van der Waals surface area contributed by atoms with E-state index in [-0.39, 0.29) is 0 Å². The summed E-state index contributed by atoms with van der Waals surface area (Å²) >= 11 is 0. The van der Waals surface area contributed by atoms with Crippen LogP contribution in [-0.4, -0.2) is 18.9 Å². The van der Waals surface area contributed by atoms with Gasteiger partial charge in [-0.2, -0.15) is 22.0 Å². The van der Waals surface area contributed by atoms with Crippen molar-refractivity contribution in [1.29, 1.82) is 0 Å². The van der Waals surface area contributed by atoms with E-state index in [1.807, 2.05) is 0 Å². The average molecular weight is 162 g/mol. The van der Waals surface area contributed by atoms with Crippen molar-refractivity contribution in [2.45, 2.75) is 12.3 Å². The van der Waals surface area contributed by atoms with Crippen molar-refractivity contribution in [3.8, 4) is 0 Å². The van der Waals surface area contributed by atoms with Crippen LogP contribution in [0.2, 0.25) is 0 Å². The molecule has 1 unspecified atom stereocenters. The molecule has 0 aromatic carbocycles. The van der Waals surface area contributed by atoms with Crippen molar-refractivity contribution in [2.75, 3.05) is 6.61 Å². The van der Waals surface area contributed by atoms with Gasteiger partial charge in [-0.05, 0) is 0 Å². The lowest BCUT2D eigenvalue weighted by atomic mass is 10.1. The Labute approximate surface area is 52.8 Å². The molecule has 0 radical (unpaired) electrons. The Bertz CT molecular complexity index is 129. The molecule has 0 aromatic heterocycles. The molecule has 1 fully saturated rings. The molecule has 0 spiro atoms. The zero-order valence-corrected chi connectivity index (χ0v) is 4.58. The number of hydrogen-bond acceptors (Lipinski definition) is 1. The van der Waals surface area contributed by atoms with Crippen LogP contribution in [0.4, 0.5) is 22.0 Å². The Morgan fingerprint density at radius 1 is 1.30 bits per heavy atom. The molecular formula is C4H3F5O. The van der Waals surface area contributed by atoms with Gasteiger partial charge in [0.2, 0.25) is 0 Å². The summed E-state index contributed by atoms with van der Waals surface area (Å²) in [6, 6.07) is 0. The fourth-order valence-corrected chi connectivity index (χ4v) is 0.578. The predicted molar refractivity (Wildman–Crippen MR) is 20.4 cm³/mol. The second kappa shape index (κ2) is 1.81. The molecule has 0 saturated carbocycles. The summed E-state index contributed by atoms with van der Waals surface area (Å²) in [4.78, 5) is 0. The first kappa shape index (κ1) is 7.71. The first-order valence-electron chi connectivity index (χ1n) is 2.42. The van der Waals surface area contributed by atoms with E-state index in [0.29, 0.717) is 0 Å². The third kappa shape index (κ3) is 1.07. The Morgan fingerprint density at radius 2 is 1.80 bits per heavy atom. The molecule has 60 valence electrons. The zero-order valence-electron chi connectivity index (χ0n) is 4.58. The second-order valence-electron chi connectivity index (χ2n) is 1.97. The molecule has 1 aliphatic heterocycles. The fraction of sp³-hybridized carbons (Fsp3) is 1.00. The number of halogens is 5. The van der Waals surface area contributed by atoms with Gasteiger partial charge in [-0.1, -0.05) is 0 Å². The van der Waals surface area contributed by atoms with Crippen molar-refractivity contribution in [3.05, 3.63) is 0 Å². The summed E-state index contributed by atoms with van der Waals surface area (Å²) in [6.45, 7) is -0.934. The van der Waals surface area contributed by atoms with E-state index in [1.54, 1.807) is 0 Å². The summed E-state index contributed by atoms with van der Waals surface area (Å²) < 4.78 is 61.2. The molecule has 1 saturated heterocycles. The number of ether oxygens (including phenoxy) is 1. The van der Waals surface area contributed by atoms with Crippen LogP contribution >= 0.6 is 0 Å². The van der Waals surface area contributed by atoms with Crippen LogP contribution in [0.15, 0.2) is 0 Å². The zero-order chi connectivity index (χ0) is 7.99. The SMILES string of the molecule is FC(F)(F)C1COC1(F)F. The quantitative estimate of drug-likeness (QED) is 0.493. The fourth-order valence-electron chi connectivity index (χ4n) is 0.578. The highest BCUT2D eigenvalue weighted by molar-refractivity contribution is 4.83. The minimum atomic E-state index is -4.85. The molecule has 0 aromatic rings. The lowest BCUT2D eigenvalue weighted by molar-refractivity contribution is -0.416. The van der Waals surface area contributed by atoms with Gasteiger partial charge < -0.3 is 4.74 Å². The van der Waals surface area contributed by atoms with Gasteiger partial charge in [0.15, 0.2) is 5.92 Å². The normalized spacial score (nSPS) is 31.5. The summed E-state index contributed by atoms with van der Waals surface area (Å²) in [5.74, 6) is -2.61. The van der Waals surface area contributed by atoms with Crippen molar-refractivity contribution in [2.24, 2.45) is 5.92 Å². The maximum atomic E-state index is 11.8. The number of rotatable bonds is 0. The molecule has 1 atom stereocenters. The van der Waals surface area contributed by atoms with Crippen LogP contribution in [-0.2, 0) is 4.74 Å². The third-order valence-electron chi connectivity index (χ3n) is 1.24. The molecular weight excluding hydrogens is 159 g/mol. The Balaban J connectivity index is 2.60. The molecule has 1 nitrogen and oxygen atoms in total. The molecule has 1 heterocycles. The van der Waals surface area contributed by atoms with E-state index in [1.165, 1.54) is 0 Å². The second-order valence-corrected chi connectivity index (χ2v) is 1.97. The van der Waals surface area contributed by atoms with Gasteiger partial charge in [-0.3, -0.25) is 0 Å². The van der Waals surface area contributed by atoms with Crippen LogP contribution in [0, 0.1) is 5.92 Å². The Kier molecular flexibility index (Phi) is 1.39. The van der Waals surface area contributed by atoms with Gasteiger partial charge in [0.05, 0.1) is 6.61 Å². The van der Waals surface area contributed by atoms with Gasteiger partial charge in [-0.25, -0.2) is 0 Å². The van der Waals surface area contributed by atoms with Gasteiger partial charge in [0.1, 0.15) is 0 Å². The maximum Gasteiger partial charge on any atom is 0.402 e. The summed E-state index contributed by atoms with van der Waals surface area (Å²) in [5, 5.41) is 0. The minimum absolute atomic E-state index is 0.934. The Hall–Kier alpha value is -0.390. The van der Waals surface area contributed by atoms with Crippen LogP contribution in [0.25, 0.3) is 0 Å². The smallest absolute Gasteiger partial charge is 0.319 e. The van der Waals surface area contributed by atoms with Crippen molar-refractivity contribution >= 4 is 0 Å².